The highest BCUT2D eigenvalue weighted by atomic mass is 16.2. The van der Waals surface area contributed by atoms with Gasteiger partial charge in [-0.2, -0.15) is 0 Å². The zero-order chi connectivity index (χ0) is 16.1. The summed E-state index contributed by atoms with van der Waals surface area (Å²) in [5.41, 5.74) is 2.08. The molecule has 1 aliphatic heterocycles. The Bertz CT molecular complexity index is 545. The van der Waals surface area contributed by atoms with Crippen molar-refractivity contribution in [1.29, 1.82) is 0 Å². The molecule has 0 spiro atoms. The van der Waals surface area contributed by atoms with Gasteiger partial charge in [-0.3, -0.25) is 19.9 Å². The number of hydrogen-bond acceptors (Lipinski definition) is 4. The van der Waals surface area contributed by atoms with Gasteiger partial charge in [0.1, 0.15) is 0 Å². The van der Waals surface area contributed by atoms with Gasteiger partial charge in [-0.05, 0) is 24.5 Å². The van der Waals surface area contributed by atoms with E-state index in [0.717, 1.165) is 11.3 Å². The first-order chi connectivity index (χ1) is 10.5. The summed E-state index contributed by atoms with van der Waals surface area (Å²) in [6.07, 6.45) is 1.77. The zero-order valence-corrected chi connectivity index (χ0v) is 13.4. The lowest BCUT2D eigenvalue weighted by Crippen LogP contribution is -2.52. The van der Waals surface area contributed by atoms with Crippen molar-refractivity contribution in [2.24, 2.45) is 5.92 Å². The highest BCUT2D eigenvalue weighted by Crippen LogP contribution is 2.22. The molecular weight excluding hydrogens is 280 g/mol. The lowest BCUT2D eigenvalue weighted by Gasteiger charge is -2.28. The molecule has 1 fully saturated rings. The zero-order valence-electron chi connectivity index (χ0n) is 13.4. The minimum absolute atomic E-state index is 0.0174. The van der Waals surface area contributed by atoms with Gasteiger partial charge in [0.05, 0.1) is 24.8 Å². The Hall–Kier alpha value is -1.95. The third-order valence-electron chi connectivity index (χ3n) is 3.88. The predicted octanol–water partition coefficient (Wildman–Crippen LogP) is 0.635. The van der Waals surface area contributed by atoms with Crippen LogP contribution in [0.25, 0.3) is 0 Å². The van der Waals surface area contributed by atoms with Crippen molar-refractivity contribution in [2.45, 2.75) is 26.8 Å². The number of carbonyl (C=O) groups excluding carboxylic acids is 2. The minimum Gasteiger partial charge on any atom is -0.353 e. The summed E-state index contributed by atoms with van der Waals surface area (Å²) in [6, 6.07) is 3.95. The van der Waals surface area contributed by atoms with Crippen molar-refractivity contribution in [1.82, 2.24) is 20.5 Å². The van der Waals surface area contributed by atoms with Crippen molar-refractivity contribution in [3.05, 3.63) is 29.6 Å². The molecule has 0 radical (unpaired) electrons. The molecule has 6 heteroatoms. The Kier molecular flexibility index (Phi) is 5.49. The van der Waals surface area contributed by atoms with E-state index in [1.165, 1.54) is 0 Å². The number of rotatable bonds is 5. The summed E-state index contributed by atoms with van der Waals surface area (Å²) in [5.74, 6) is 0.167. The van der Waals surface area contributed by atoms with E-state index in [1.807, 2.05) is 19.1 Å². The average molecular weight is 304 g/mol. The van der Waals surface area contributed by atoms with Crippen LogP contribution in [0.4, 0.5) is 0 Å². The number of aromatic nitrogens is 1. The molecule has 0 aromatic carbocycles. The summed E-state index contributed by atoms with van der Waals surface area (Å²) in [4.78, 5) is 29.6. The van der Waals surface area contributed by atoms with Gasteiger partial charge in [0, 0.05) is 19.3 Å². The number of nitrogens with one attached hydrogen (secondary N) is 2. The Morgan fingerprint density at radius 3 is 2.91 bits per heavy atom. The predicted molar refractivity (Wildman–Crippen MR) is 84.1 cm³/mol. The number of hydrogen-bond donors (Lipinski definition) is 2. The van der Waals surface area contributed by atoms with Gasteiger partial charge in [0.2, 0.25) is 11.8 Å². The summed E-state index contributed by atoms with van der Waals surface area (Å²) in [6.45, 7) is 7.69. The van der Waals surface area contributed by atoms with Gasteiger partial charge < -0.3 is 10.2 Å². The van der Waals surface area contributed by atoms with Crippen molar-refractivity contribution in [3.63, 3.8) is 0 Å². The van der Waals surface area contributed by atoms with Crippen LogP contribution < -0.4 is 10.6 Å². The summed E-state index contributed by atoms with van der Waals surface area (Å²) in [7, 11) is 0. The van der Waals surface area contributed by atoms with Crippen LogP contribution in [0.2, 0.25) is 0 Å². The molecule has 1 aromatic heterocycles. The van der Waals surface area contributed by atoms with Crippen LogP contribution >= 0.6 is 0 Å². The molecule has 2 N–H and O–H groups in total. The first-order valence-corrected chi connectivity index (χ1v) is 7.68. The fraction of sp³-hybridized carbons (Fsp3) is 0.562. The summed E-state index contributed by atoms with van der Waals surface area (Å²) in [5, 5.41) is 6.02. The summed E-state index contributed by atoms with van der Waals surface area (Å²) < 4.78 is 0. The highest BCUT2D eigenvalue weighted by Gasteiger charge is 2.24. The van der Waals surface area contributed by atoms with Crippen LogP contribution in [0.5, 0.6) is 0 Å². The van der Waals surface area contributed by atoms with E-state index >= 15 is 0 Å². The van der Waals surface area contributed by atoms with E-state index in [1.54, 1.807) is 11.1 Å². The van der Waals surface area contributed by atoms with Gasteiger partial charge in [-0.25, -0.2) is 0 Å². The fourth-order valence-corrected chi connectivity index (χ4v) is 2.63. The van der Waals surface area contributed by atoms with E-state index in [-0.39, 0.29) is 30.9 Å². The Morgan fingerprint density at radius 1 is 1.50 bits per heavy atom. The van der Waals surface area contributed by atoms with E-state index in [4.69, 9.17) is 0 Å². The SMILES string of the molecule is Cc1cccnc1C(NCC(=O)N1CCNC(=O)C1)C(C)C. The second-order valence-electron chi connectivity index (χ2n) is 5.97. The molecule has 1 unspecified atom stereocenters. The molecule has 1 aliphatic rings. The Morgan fingerprint density at radius 2 is 2.27 bits per heavy atom. The van der Waals surface area contributed by atoms with Gasteiger partial charge in [-0.15, -0.1) is 0 Å². The Balaban J connectivity index is 1.99. The van der Waals surface area contributed by atoms with Gasteiger partial charge in [0.15, 0.2) is 0 Å². The van der Waals surface area contributed by atoms with Gasteiger partial charge in [-0.1, -0.05) is 19.9 Å². The molecule has 1 saturated heterocycles. The van der Waals surface area contributed by atoms with E-state index in [0.29, 0.717) is 19.0 Å². The molecule has 6 nitrogen and oxygen atoms in total. The number of aryl methyl sites for hydroxylation is 1. The molecule has 22 heavy (non-hydrogen) atoms. The second kappa shape index (κ2) is 7.35. The van der Waals surface area contributed by atoms with Gasteiger partial charge >= 0.3 is 0 Å². The molecule has 1 aromatic rings. The third-order valence-corrected chi connectivity index (χ3v) is 3.88. The minimum atomic E-state index is -0.0967. The van der Waals surface area contributed by atoms with Crippen LogP contribution in [0.3, 0.4) is 0 Å². The van der Waals surface area contributed by atoms with Crippen molar-refractivity contribution in [2.75, 3.05) is 26.2 Å². The van der Waals surface area contributed by atoms with Crippen LogP contribution in [-0.2, 0) is 9.59 Å². The fourth-order valence-electron chi connectivity index (χ4n) is 2.63. The molecule has 2 rings (SSSR count). The maximum Gasteiger partial charge on any atom is 0.239 e. The van der Waals surface area contributed by atoms with Crippen molar-refractivity contribution < 1.29 is 9.59 Å². The molecule has 120 valence electrons. The summed E-state index contributed by atoms with van der Waals surface area (Å²) >= 11 is 0. The third kappa shape index (κ3) is 4.04. The van der Waals surface area contributed by atoms with E-state index in [9.17, 15) is 9.59 Å². The monoisotopic (exact) mass is 304 g/mol. The first-order valence-electron chi connectivity index (χ1n) is 7.68. The number of amides is 2. The van der Waals surface area contributed by atoms with Crippen molar-refractivity contribution >= 4 is 11.8 Å². The second-order valence-corrected chi connectivity index (χ2v) is 5.97. The van der Waals surface area contributed by atoms with E-state index in [2.05, 4.69) is 29.5 Å². The first kappa shape index (κ1) is 16.4. The average Bonchev–Trinajstić information content (AvgIpc) is 2.48. The smallest absolute Gasteiger partial charge is 0.239 e. The molecule has 0 saturated carbocycles. The van der Waals surface area contributed by atoms with Crippen LogP contribution in [-0.4, -0.2) is 47.9 Å². The molecule has 1 atom stereocenters. The standard InChI is InChI=1S/C16H24N4O2/c1-11(2)15(16-12(3)5-4-6-18-16)19-9-14(22)20-8-7-17-13(21)10-20/h4-6,11,15,19H,7-10H2,1-3H3,(H,17,21). The van der Waals surface area contributed by atoms with E-state index < -0.39 is 0 Å². The van der Waals surface area contributed by atoms with Crippen LogP contribution in [0, 0.1) is 12.8 Å². The number of carbonyl (C=O) groups is 2. The van der Waals surface area contributed by atoms with Crippen LogP contribution in [0.15, 0.2) is 18.3 Å². The van der Waals surface area contributed by atoms with Crippen molar-refractivity contribution in [3.8, 4) is 0 Å². The molecule has 2 amide bonds. The molecular formula is C16H24N4O2. The highest BCUT2D eigenvalue weighted by molar-refractivity contribution is 5.86. The quantitative estimate of drug-likeness (QED) is 0.837. The molecule has 0 bridgehead atoms. The topological polar surface area (TPSA) is 74.3 Å². The molecule has 0 aliphatic carbocycles. The largest absolute Gasteiger partial charge is 0.353 e. The number of nitrogens with zero attached hydrogens (tertiary/aromatic N) is 2. The normalized spacial score (nSPS) is 16.5. The maximum atomic E-state index is 12.2. The number of pyridine rings is 1. The molecule has 2 heterocycles. The maximum absolute atomic E-state index is 12.2. The van der Waals surface area contributed by atoms with Crippen LogP contribution in [0.1, 0.15) is 31.1 Å². The lowest BCUT2D eigenvalue weighted by atomic mass is 9.97. The Labute approximate surface area is 131 Å². The number of piperazine rings is 1. The lowest BCUT2D eigenvalue weighted by molar-refractivity contribution is -0.137. The van der Waals surface area contributed by atoms with Gasteiger partial charge in [0.25, 0.3) is 0 Å².